The molecule has 5 nitrogen and oxygen atoms in total. The molecule has 15 heavy (non-hydrogen) atoms. The Morgan fingerprint density at radius 3 is 2.53 bits per heavy atom. The summed E-state index contributed by atoms with van der Waals surface area (Å²) >= 11 is 0. The molecular formula is C10H18N2O3. The fourth-order valence-corrected chi connectivity index (χ4v) is 1.70. The van der Waals surface area contributed by atoms with Crippen LogP contribution >= 0.6 is 0 Å². The Balaban J connectivity index is 2.34. The molecule has 0 aromatic rings. The molecule has 0 aromatic heterocycles. The van der Waals surface area contributed by atoms with Crippen LogP contribution in [0.4, 0.5) is 0 Å². The highest BCUT2D eigenvalue weighted by atomic mass is 16.4. The van der Waals surface area contributed by atoms with E-state index in [1.54, 1.807) is 0 Å². The Labute approximate surface area is 89.2 Å². The van der Waals surface area contributed by atoms with Crippen molar-refractivity contribution in [3.8, 4) is 0 Å². The first-order valence-corrected chi connectivity index (χ1v) is 5.25. The van der Waals surface area contributed by atoms with Crippen LogP contribution in [0.1, 0.15) is 26.2 Å². The van der Waals surface area contributed by atoms with Crippen molar-refractivity contribution in [1.82, 2.24) is 10.6 Å². The Bertz CT molecular complexity index is 247. The number of carboxylic acids is 1. The van der Waals surface area contributed by atoms with Crippen molar-refractivity contribution >= 4 is 11.9 Å². The summed E-state index contributed by atoms with van der Waals surface area (Å²) < 4.78 is 0. The van der Waals surface area contributed by atoms with Crippen LogP contribution in [0, 0.1) is 5.41 Å². The summed E-state index contributed by atoms with van der Waals surface area (Å²) in [6.45, 7) is 3.85. The van der Waals surface area contributed by atoms with E-state index in [0.717, 1.165) is 25.9 Å². The molecule has 0 aliphatic carbocycles. The van der Waals surface area contributed by atoms with Gasteiger partial charge in [-0.05, 0) is 25.9 Å². The van der Waals surface area contributed by atoms with E-state index in [0.29, 0.717) is 0 Å². The summed E-state index contributed by atoms with van der Waals surface area (Å²) in [5.41, 5.74) is -0.330. The Morgan fingerprint density at radius 1 is 1.40 bits per heavy atom. The monoisotopic (exact) mass is 214 g/mol. The van der Waals surface area contributed by atoms with Crippen molar-refractivity contribution in [2.45, 2.75) is 26.2 Å². The maximum atomic E-state index is 11.8. The van der Waals surface area contributed by atoms with Crippen molar-refractivity contribution in [2.75, 3.05) is 19.6 Å². The van der Waals surface area contributed by atoms with Gasteiger partial charge in [-0.25, -0.2) is 0 Å². The van der Waals surface area contributed by atoms with Crippen LogP contribution in [-0.2, 0) is 9.59 Å². The number of carbonyl (C=O) groups is 2. The van der Waals surface area contributed by atoms with E-state index >= 15 is 0 Å². The van der Waals surface area contributed by atoms with E-state index in [9.17, 15) is 9.59 Å². The molecule has 0 bridgehead atoms. The lowest BCUT2D eigenvalue weighted by molar-refractivity contribution is -0.137. The van der Waals surface area contributed by atoms with E-state index in [1.807, 2.05) is 6.92 Å². The molecule has 86 valence electrons. The second kappa shape index (κ2) is 5.11. The number of carbonyl (C=O) groups excluding carboxylic acids is 1. The van der Waals surface area contributed by atoms with Crippen LogP contribution < -0.4 is 10.6 Å². The van der Waals surface area contributed by atoms with Crippen molar-refractivity contribution in [1.29, 1.82) is 0 Å². The molecule has 0 saturated carbocycles. The lowest BCUT2D eigenvalue weighted by atomic mass is 9.80. The third kappa shape index (κ3) is 3.51. The van der Waals surface area contributed by atoms with Gasteiger partial charge in [-0.15, -0.1) is 0 Å². The summed E-state index contributed by atoms with van der Waals surface area (Å²) in [5, 5.41) is 14.3. The highest BCUT2D eigenvalue weighted by Crippen LogP contribution is 2.27. The molecular weight excluding hydrogens is 196 g/mol. The molecule has 1 aliphatic heterocycles. The first-order chi connectivity index (χ1) is 7.04. The number of aliphatic carboxylic acids is 1. The van der Waals surface area contributed by atoms with Crippen LogP contribution in [0.25, 0.3) is 0 Å². The van der Waals surface area contributed by atoms with Gasteiger partial charge in [-0.3, -0.25) is 9.59 Å². The third-order valence-electron chi connectivity index (χ3n) is 2.88. The predicted molar refractivity (Wildman–Crippen MR) is 55.5 cm³/mol. The molecule has 0 atom stereocenters. The van der Waals surface area contributed by atoms with Gasteiger partial charge in [0.25, 0.3) is 0 Å². The van der Waals surface area contributed by atoms with Crippen molar-refractivity contribution < 1.29 is 14.7 Å². The number of rotatable bonds is 4. The van der Waals surface area contributed by atoms with Gasteiger partial charge in [-0.1, -0.05) is 6.92 Å². The maximum Gasteiger partial charge on any atom is 0.305 e. The molecule has 0 unspecified atom stereocenters. The highest BCUT2D eigenvalue weighted by Gasteiger charge is 2.34. The molecule has 1 aliphatic rings. The van der Waals surface area contributed by atoms with E-state index in [4.69, 9.17) is 5.11 Å². The zero-order chi connectivity index (χ0) is 11.3. The molecule has 1 fully saturated rings. The van der Waals surface area contributed by atoms with Gasteiger partial charge in [0.2, 0.25) is 5.91 Å². The van der Waals surface area contributed by atoms with Crippen LogP contribution in [0.15, 0.2) is 0 Å². The standard InChI is InChI=1S/C10H18N2O3/c1-10(3-6-11-7-4-10)9(15)12-5-2-8(13)14/h11H,2-7H2,1H3,(H,12,15)(H,13,14). The van der Waals surface area contributed by atoms with Crippen LogP contribution in [-0.4, -0.2) is 36.6 Å². The highest BCUT2D eigenvalue weighted by molar-refractivity contribution is 5.82. The van der Waals surface area contributed by atoms with Gasteiger partial charge in [0.05, 0.1) is 6.42 Å². The first-order valence-electron chi connectivity index (χ1n) is 5.25. The van der Waals surface area contributed by atoms with Gasteiger partial charge >= 0.3 is 5.97 Å². The Hall–Kier alpha value is -1.10. The minimum atomic E-state index is -0.884. The smallest absolute Gasteiger partial charge is 0.305 e. The predicted octanol–water partition coefficient (Wildman–Crippen LogP) is -0.0330. The number of carboxylic acid groups (broad SMARTS) is 1. The molecule has 1 amide bonds. The van der Waals surface area contributed by atoms with Gasteiger partial charge in [0.15, 0.2) is 0 Å². The second-order valence-electron chi connectivity index (χ2n) is 4.21. The lowest BCUT2D eigenvalue weighted by Crippen LogP contribution is -2.46. The molecule has 5 heteroatoms. The SMILES string of the molecule is CC1(C(=O)NCCC(=O)O)CCNCC1. The topological polar surface area (TPSA) is 78.4 Å². The molecule has 1 heterocycles. The molecule has 1 saturated heterocycles. The minimum absolute atomic E-state index is 0.0138. The normalized spacial score (nSPS) is 19.5. The Kier molecular flexibility index (Phi) is 4.08. The van der Waals surface area contributed by atoms with Gasteiger partial charge in [0.1, 0.15) is 0 Å². The fraction of sp³-hybridized carbons (Fsp3) is 0.800. The van der Waals surface area contributed by atoms with Crippen LogP contribution in [0.3, 0.4) is 0 Å². The third-order valence-corrected chi connectivity index (χ3v) is 2.88. The second-order valence-corrected chi connectivity index (χ2v) is 4.21. The Morgan fingerprint density at radius 2 is 2.00 bits per heavy atom. The van der Waals surface area contributed by atoms with Gasteiger partial charge in [0, 0.05) is 12.0 Å². The summed E-state index contributed by atoms with van der Waals surface area (Å²) in [6, 6.07) is 0. The summed E-state index contributed by atoms with van der Waals surface area (Å²) in [4.78, 5) is 22.0. The molecule has 3 N–H and O–H groups in total. The molecule has 1 rings (SSSR count). The van der Waals surface area contributed by atoms with Crippen molar-refractivity contribution in [3.63, 3.8) is 0 Å². The number of piperidine rings is 1. The molecule has 0 spiro atoms. The van der Waals surface area contributed by atoms with E-state index in [-0.39, 0.29) is 24.3 Å². The lowest BCUT2D eigenvalue weighted by Gasteiger charge is -2.32. The zero-order valence-electron chi connectivity index (χ0n) is 9.01. The summed E-state index contributed by atoms with van der Waals surface area (Å²) in [6.07, 6.45) is 1.61. The van der Waals surface area contributed by atoms with E-state index in [2.05, 4.69) is 10.6 Å². The van der Waals surface area contributed by atoms with Crippen molar-refractivity contribution in [2.24, 2.45) is 5.41 Å². The number of hydrogen-bond donors (Lipinski definition) is 3. The fourth-order valence-electron chi connectivity index (χ4n) is 1.70. The minimum Gasteiger partial charge on any atom is -0.481 e. The van der Waals surface area contributed by atoms with E-state index in [1.165, 1.54) is 0 Å². The average molecular weight is 214 g/mol. The van der Waals surface area contributed by atoms with Crippen LogP contribution in [0.5, 0.6) is 0 Å². The van der Waals surface area contributed by atoms with E-state index < -0.39 is 5.97 Å². The first kappa shape index (κ1) is 12.0. The molecule has 0 aromatic carbocycles. The van der Waals surface area contributed by atoms with Crippen LogP contribution in [0.2, 0.25) is 0 Å². The quantitative estimate of drug-likeness (QED) is 0.614. The van der Waals surface area contributed by atoms with Gasteiger partial charge < -0.3 is 15.7 Å². The number of amides is 1. The molecule has 0 radical (unpaired) electrons. The zero-order valence-corrected chi connectivity index (χ0v) is 9.01. The van der Waals surface area contributed by atoms with Gasteiger partial charge in [-0.2, -0.15) is 0 Å². The summed E-state index contributed by atoms with van der Waals surface area (Å²) in [5.74, 6) is -0.906. The number of nitrogens with one attached hydrogen (secondary N) is 2. The van der Waals surface area contributed by atoms with Crippen molar-refractivity contribution in [3.05, 3.63) is 0 Å². The average Bonchev–Trinajstić information content (AvgIpc) is 2.18. The number of hydrogen-bond acceptors (Lipinski definition) is 3. The largest absolute Gasteiger partial charge is 0.481 e. The summed E-state index contributed by atoms with van der Waals surface area (Å²) in [7, 11) is 0. The maximum absolute atomic E-state index is 11.8.